The lowest BCUT2D eigenvalue weighted by Gasteiger charge is -2.35. The third kappa shape index (κ3) is 4.50. The van der Waals surface area contributed by atoms with Crippen LogP contribution in [-0.4, -0.2) is 54.1 Å². The van der Waals surface area contributed by atoms with Crippen LogP contribution in [-0.2, 0) is 11.2 Å². The average Bonchev–Trinajstić information content (AvgIpc) is 2.65. The van der Waals surface area contributed by atoms with Gasteiger partial charge in [0.15, 0.2) is 0 Å². The number of anilines is 1. The summed E-state index contributed by atoms with van der Waals surface area (Å²) in [6.45, 7) is 6.92. The zero-order valence-corrected chi connectivity index (χ0v) is 15.7. The van der Waals surface area contributed by atoms with Gasteiger partial charge in [-0.15, -0.1) is 0 Å². The standard InChI is InChI=1S/C20H26N4O2/c1-15-5-4-6-17(13-15)7-8-20(25)24-11-9-23(10-12-24)18-14-19(26-3)22-16(2)21-18/h4-6,13-14H,7-12H2,1-3H3. The molecular formula is C20H26N4O2. The van der Waals surface area contributed by atoms with Gasteiger partial charge in [0, 0.05) is 38.7 Å². The van der Waals surface area contributed by atoms with Crippen molar-refractivity contribution in [3.63, 3.8) is 0 Å². The molecule has 1 saturated heterocycles. The topological polar surface area (TPSA) is 58.6 Å². The Bertz CT molecular complexity index is 770. The van der Waals surface area contributed by atoms with E-state index in [0.717, 1.165) is 38.4 Å². The highest BCUT2D eigenvalue weighted by molar-refractivity contribution is 5.76. The molecule has 6 nitrogen and oxygen atoms in total. The third-order valence-corrected chi connectivity index (χ3v) is 4.68. The highest BCUT2D eigenvalue weighted by Crippen LogP contribution is 2.19. The van der Waals surface area contributed by atoms with Crippen LogP contribution in [0.3, 0.4) is 0 Å². The number of ether oxygens (including phenoxy) is 1. The van der Waals surface area contributed by atoms with Crippen LogP contribution in [0.5, 0.6) is 5.88 Å². The molecule has 0 atom stereocenters. The van der Waals surface area contributed by atoms with Crippen molar-refractivity contribution < 1.29 is 9.53 Å². The zero-order valence-electron chi connectivity index (χ0n) is 15.7. The fraction of sp³-hybridized carbons (Fsp3) is 0.450. The van der Waals surface area contributed by atoms with Crippen LogP contribution in [0.1, 0.15) is 23.4 Å². The monoisotopic (exact) mass is 354 g/mol. The Hall–Kier alpha value is -2.63. The Morgan fingerprint density at radius 2 is 1.88 bits per heavy atom. The lowest BCUT2D eigenvalue weighted by atomic mass is 10.1. The molecule has 0 radical (unpaired) electrons. The van der Waals surface area contributed by atoms with E-state index < -0.39 is 0 Å². The Kier molecular flexibility index (Phi) is 5.71. The van der Waals surface area contributed by atoms with Gasteiger partial charge in [-0.2, -0.15) is 4.98 Å². The van der Waals surface area contributed by atoms with Crippen molar-refractivity contribution in [3.8, 4) is 5.88 Å². The third-order valence-electron chi connectivity index (χ3n) is 4.68. The molecule has 0 N–H and O–H groups in total. The van der Waals surface area contributed by atoms with Gasteiger partial charge in [0.1, 0.15) is 11.6 Å². The molecule has 3 rings (SSSR count). The van der Waals surface area contributed by atoms with E-state index in [-0.39, 0.29) is 5.91 Å². The highest BCUT2D eigenvalue weighted by Gasteiger charge is 2.22. The molecule has 1 aliphatic heterocycles. The number of aryl methyl sites for hydroxylation is 3. The van der Waals surface area contributed by atoms with Gasteiger partial charge in [-0.05, 0) is 25.8 Å². The number of carbonyl (C=O) groups is 1. The van der Waals surface area contributed by atoms with E-state index in [1.165, 1.54) is 11.1 Å². The van der Waals surface area contributed by atoms with Crippen molar-refractivity contribution >= 4 is 11.7 Å². The summed E-state index contributed by atoms with van der Waals surface area (Å²) in [5, 5.41) is 0. The lowest BCUT2D eigenvalue weighted by molar-refractivity contribution is -0.131. The molecule has 0 spiro atoms. The molecule has 1 aromatic heterocycles. The second-order valence-corrected chi connectivity index (χ2v) is 6.67. The van der Waals surface area contributed by atoms with E-state index in [1.54, 1.807) is 7.11 Å². The largest absolute Gasteiger partial charge is 0.481 e. The summed E-state index contributed by atoms with van der Waals surface area (Å²) in [7, 11) is 1.61. The first-order valence-corrected chi connectivity index (χ1v) is 9.03. The van der Waals surface area contributed by atoms with Crippen molar-refractivity contribution in [3.05, 3.63) is 47.3 Å². The average molecular weight is 354 g/mol. The number of aromatic nitrogens is 2. The van der Waals surface area contributed by atoms with E-state index in [1.807, 2.05) is 24.0 Å². The van der Waals surface area contributed by atoms with Crippen molar-refractivity contribution in [2.45, 2.75) is 26.7 Å². The molecule has 2 heterocycles. The molecule has 1 fully saturated rings. The van der Waals surface area contributed by atoms with Gasteiger partial charge >= 0.3 is 0 Å². The summed E-state index contributed by atoms with van der Waals surface area (Å²) in [5.74, 6) is 2.35. The lowest BCUT2D eigenvalue weighted by Crippen LogP contribution is -2.49. The van der Waals surface area contributed by atoms with Crippen LogP contribution in [0.2, 0.25) is 0 Å². The fourth-order valence-electron chi connectivity index (χ4n) is 3.25. The minimum Gasteiger partial charge on any atom is -0.481 e. The van der Waals surface area contributed by atoms with Crippen molar-refractivity contribution in [2.75, 3.05) is 38.2 Å². The molecule has 2 aromatic rings. The van der Waals surface area contributed by atoms with Crippen molar-refractivity contribution in [2.24, 2.45) is 0 Å². The van der Waals surface area contributed by atoms with Crippen LogP contribution in [0.15, 0.2) is 30.3 Å². The SMILES string of the molecule is COc1cc(N2CCN(C(=O)CCc3cccc(C)c3)CC2)nc(C)n1. The Morgan fingerprint density at radius 3 is 2.58 bits per heavy atom. The Balaban J connectivity index is 1.53. The quantitative estimate of drug-likeness (QED) is 0.825. The van der Waals surface area contributed by atoms with Crippen LogP contribution >= 0.6 is 0 Å². The van der Waals surface area contributed by atoms with Gasteiger partial charge in [-0.1, -0.05) is 29.8 Å². The summed E-state index contributed by atoms with van der Waals surface area (Å²) in [6, 6.07) is 10.2. The molecule has 1 aliphatic rings. The maximum atomic E-state index is 12.5. The smallest absolute Gasteiger partial charge is 0.223 e. The molecule has 0 saturated carbocycles. The molecular weight excluding hydrogens is 328 g/mol. The van der Waals surface area contributed by atoms with Gasteiger partial charge in [-0.3, -0.25) is 4.79 Å². The molecule has 6 heteroatoms. The van der Waals surface area contributed by atoms with E-state index in [9.17, 15) is 4.79 Å². The summed E-state index contributed by atoms with van der Waals surface area (Å²) < 4.78 is 5.23. The number of carbonyl (C=O) groups excluding carboxylic acids is 1. The number of nitrogens with zero attached hydrogens (tertiary/aromatic N) is 4. The summed E-state index contributed by atoms with van der Waals surface area (Å²) in [4.78, 5) is 25.4. The van der Waals surface area contributed by atoms with Crippen molar-refractivity contribution in [1.82, 2.24) is 14.9 Å². The van der Waals surface area contributed by atoms with Crippen LogP contribution in [0.4, 0.5) is 5.82 Å². The second-order valence-electron chi connectivity index (χ2n) is 6.67. The van der Waals surface area contributed by atoms with Crippen LogP contribution < -0.4 is 9.64 Å². The number of benzene rings is 1. The van der Waals surface area contributed by atoms with Gasteiger partial charge in [0.05, 0.1) is 7.11 Å². The first-order chi connectivity index (χ1) is 12.5. The van der Waals surface area contributed by atoms with Gasteiger partial charge in [0.25, 0.3) is 0 Å². The predicted octanol–water partition coefficient (Wildman–Crippen LogP) is 2.38. The maximum Gasteiger partial charge on any atom is 0.223 e. The first-order valence-electron chi connectivity index (χ1n) is 9.03. The van der Waals surface area contributed by atoms with Crippen LogP contribution in [0.25, 0.3) is 0 Å². The Labute approximate surface area is 154 Å². The molecule has 138 valence electrons. The van der Waals surface area contributed by atoms with Gasteiger partial charge in [-0.25, -0.2) is 4.98 Å². The molecule has 1 amide bonds. The number of hydrogen-bond donors (Lipinski definition) is 0. The van der Waals surface area contributed by atoms with E-state index in [0.29, 0.717) is 18.1 Å². The normalized spacial score (nSPS) is 14.4. The molecule has 1 aromatic carbocycles. The predicted molar refractivity (Wildman–Crippen MR) is 102 cm³/mol. The second kappa shape index (κ2) is 8.17. The maximum absolute atomic E-state index is 12.5. The Morgan fingerprint density at radius 1 is 1.12 bits per heavy atom. The fourth-order valence-corrected chi connectivity index (χ4v) is 3.25. The van der Waals surface area contributed by atoms with Crippen molar-refractivity contribution in [1.29, 1.82) is 0 Å². The minimum atomic E-state index is 0.225. The van der Waals surface area contributed by atoms with Crippen LogP contribution in [0, 0.1) is 13.8 Å². The molecule has 0 aliphatic carbocycles. The molecule has 0 bridgehead atoms. The number of methoxy groups -OCH3 is 1. The van der Waals surface area contributed by atoms with E-state index in [4.69, 9.17) is 4.74 Å². The molecule has 26 heavy (non-hydrogen) atoms. The highest BCUT2D eigenvalue weighted by atomic mass is 16.5. The number of amides is 1. The van der Waals surface area contributed by atoms with Gasteiger partial charge in [0.2, 0.25) is 11.8 Å². The first kappa shape index (κ1) is 18.2. The van der Waals surface area contributed by atoms with E-state index in [2.05, 4.69) is 40.0 Å². The zero-order chi connectivity index (χ0) is 18.5. The molecule has 0 unspecified atom stereocenters. The van der Waals surface area contributed by atoms with Gasteiger partial charge < -0.3 is 14.5 Å². The summed E-state index contributed by atoms with van der Waals surface area (Å²) in [6.07, 6.45) is 1.35. The number of piperazine rings is 1. The number of hydrogen-bond acceptors (Lipinski definition) is 5. The minimum absolute atomic E-state index is 0.225. The summed E-state index contributed by atoms with van der Waals surface area (Å²) >= 11 is 0. The number of rotatable bonds is 5. The summed E-state index contributed by atoms with van der Waals surface area (Å²) in [5.41, 5.74) is 2.46. The van der Waals surface area contributed by atoms with E-state index >= 15 is 0 Å².